The van der Waals surface area contributed by atoms with Gasteiger partial charge < -0.3 is 30.0 Å². The molecule has 3 N–H and O–H groups in total. The van der Waals surface area contributed by atoms with E-state index in [0.29, 0.717) is 59.1 Å². The molecule has 6 rings (SSSR count). The van der Waals surface area contributed by atoms with Gasteiger partial charge in [0.2, 0.25) is 11.2 Å². The number of rotatable bonds is 8. The van der Waals surface area contributed by atoms with Crippen LogP contribution in [0.2, 0.25) is 5.28 Å². The third-order valence-electron chi connectivity index (χ3n) is 9.13. The van der Waals surface area contributed by atoms with Gasteiger partial charge in [-0.05, 0) is 138 Å². The highest BCUT2D eigenvalue weighted by Gasteiger charge is 2.22. The van der Waals surface area contributed by atoms with Gasteiger partial charge in [0.1, 0.15) is 22.6 Å². The second kappa shape index (κ2) is 20.8. The number of benzene rings is 2. The van der Waals surface area contributed by atoms with Crippen LogP contribution in [0, 0.1) is 27.7 Å². The fourth-order valence-electron chi connectivity index (χ4n) is 6.50. The third-order valence-corrected chi connectivity index (χ3v) is 9.30. The second-order valence-electron chi connectivity index (χ2n) is 12.9. The number of carbonyl (C=O) groups excluding carboxylic acids is 2. The molecule has 2 aromatic carbocycles. The summed E-state index contributed by atoms with van der Waals surface area (Å²) in [6, 6.07) is 13.1. The summed E-state index contributed by atoms with van der Waals surface area (Å²) in [4.78, 5) is 40.2. The largest absolute Gasteiger partial charge is 0.497 e. The molecule has 2 atom stereocenters. The number of halogens is 2. The molecule has 0 aliphatic heterocycles. The van der Waals surface area contributed by atoms with Crippen LogP contribution < -0.4 is 20.5 Å². The average molecular weight is 784 g/mol. The zero-order valence-corrected chi connectivity index (χ0v) is 33.9. The number of esters is 2. The van der Waals surface area contributed by atoms with Gasteiger partial charge in [-0.15, -0.1) is 12.4 Å². The van der Waals surface area contributed by atoms with Gasteiger partial charge in [-0.3, -0.25) is 0 Å². The number of hydrogen-bond donors (Lipinski definition) is 2. The Kier molecular flexibility index (Phi) is 16.9. The van der Waals surface area contributed by atoms with E-state index in [2.05, 4.69) is 49.5 Å². The molecule has 0 saturated carbocycles. The van der Waals surface area contributed by atoms with Crippen molar-refractivity contribution < 1.29 is 28.5 Å². The number of nitrogens with one attached hydrogen (secondary N) is 1. The van der Waals surface area contributed by atoms with Crippen molar-refractivity contribution in [3.63, 3.8) is 0 Å². The fourth-order valence-corrected chi connectivity index (χ4v) is 6.76. The van der Waals surface area contributed by atoms with Crippen LogP contribution in [-0.2, 0) is 35.2 Å². The van der Waals surface area contributed by atoms with Crippen LogP contribution in [0.5, 0.6) is 11.5 Å². The fraction of sp³-hybridized carbons (Fsp3) is 0.450. The Balaban J connectivity index is 0.000000237. The van der Waals surface area contributed by atoms with E-state index in [1.165, 1.54) is 22.3 Å². The van der Waals surface area contributed by atoms with Gasteiger partial charge in [-0.25, -0.2) is 29.5 Å². The molecular formula is C40H52Cl2N6O6. The van der Waals surface area contributed by atoms with Crippen molar-refractivity contribution in [2.24, 2.45) is 5.73 Å². The van der Waals surface area contributed by atoms with Crippen LogP contribution in [0.15, 0.2) is 36.4 Å². The summed E-state index contributed by atoms with van der Waals surface area (Å²) in [6.07, 6.45) is 6.11. The van der Waals surface area contributed by atoms with Gasteiger partial charge in [-0.2, -0.15) is 0 Å². The maximum Gasteiger partial charge on any atom is 0.341 e. The Morgan fingerprint density at radius 3 is 1.63 bits per heavy atom. The van der Waals surface area contributed by atoms with Gasteiger partial charge >= 0.3 is 11.9 Å². The van der Waals surface area contributed by atoms with Gasteiger partial charge in [-0.1, -0.05) is 12.1 Å². The highest BCUT2D eigenvalue weighted by Crippen LogP contribution is 2.28. The lowest BCUT2D eigenvalue weighted by Crippen LogP contribution is -2.28. The molecule has 0 amide bonds. The number of anilines is 1. The highest BCUT2D eigenvalue weighted by atomic mass is 35.5. The van der Waals surface area contributed by atoms with Crippen molar-refractivity contribution in [1.82, 2.24) is 19.9 Å². The maximum absolute atomic E-state index is 12.0. The standard InChI is InChI=1S/C20H25N3O3.C11H15NO.C9H11ClN2O2.ClH/c1-5-26-19(24)18-12(2)21-20(22-13(18)3)23-16-8-6-15-11-17(25-4)9-7-14(15)10-16;1-13-11-5-3-8-6-10(12)4-2-9(8)7-11;1-4-14-8(13)7-5(2)11-9(10)12-6(7)3;/h7,9,11,16H,5-6,8,10H2,1-4H3,(H,21,22,23);3,5,7,10H,2,4,6,12H2,1H3;4H2,1-3H3;1H. The second-order valence-corrected chi connectivity index (χ2v) is 13.3. The topological polar surface area (TPSA) is 161 Å². The molecule has 292 valence electrons. The summed E-state index contributed by atoms with van der Waals surface area (Å²) in [5.74, 6) is 1.65. The summed E-state index contributed by atoms with van der Waals surface area (Å²) in [7, 11) is 3.40. The van der Waals surface area contributed by atoms with Gasteiger partial charge in [0.25, 0.3) is 0 Å². The molecule has 2 aliphatic carbocycles. The normalized spacial score (nSPS) is 15.3. The Hall–Kier alpha value is -4.52. The molecule has 0 spiro atoms. The smallest absolute Gasteiger partial charge is 0.341 e. The number of carbonyl (C=O) groups is 2. The predicted octanol–water partition coefficient (Wildman–Crippen LogP) is 7.10. The van der Waals surface area contributed by atoms with E-state index in [1.54, 1.807) is 41.9 Å². The number of aryl methyl sites for hydroxylation is 6. The molecule has 2 heterocycles. The van der Waals surface area contributed by atoms with Gasteiger partial charge in [0.05, 0.1) is 50.2 Å². The monoisotopic (exact) mass is 782 g/mol. The van der Waals surface area contributed by atoms with E-state index < -0.39 is 5.97 Å². The van der Waals surface area contributed by atoms with Gasteiger partial charge in [0, 0.05) is 12.1 Å². The first-order chi connectivity index (χ1) is 25.4. The molecule has 14 heteroatoms. The maximum atomic E-state index is 12.0. The minimum Gasteiger partial charge on any atom is -0.497 e. The van der Waals surface area contributed by atoms with E-state index in [9.17, 15) is 9.59 Å². The molecule has 2 aliphatic rings. The number of ether oxygens (including phenoxy) is 4. The van der Waals surface area contributed by atoms with E-state index in [1.807, 2.05) is 26.0 Å². The van der Waals surface area contributed by atoms with Crippen LogP contribution in [0.3, 0.4) is 0 Å². The molecule has 0 bridgehead atoms. The van der Waals surface area contributed by atoms with E-state index >= 15 is 0 Å². The molecule has 54 heavy (non-hydrogen) atoms. The number of hydrogen-bond acceptors (Lipinski definition) is 12. The quantitative estimate of drug-likeness (QED) is 0.138. The number of methoxy groups -OCH3 is 2. The van der Waals surface area contributed by atoms with Crippen LogP contribution in [0.4, 0.5) is 5.95 Å². The Labute approximate surface area is 329 Å². The summed E-state index contributed by atoms with van der Waals surface area (Å²) in [5.41, 5.74) is 14.6. The van der Waals surface area contributed by atoms with E-state index in [-0.39, 0.29) is 29.7 Å². The summed E-state index contributed by atoms with van der Waals surface area (Å²) >= 11 is 5.63. The van der Waals surface area contributed by atoms with Crippen molar-refractivity contribution in [2.45, 2.75) is 92.2 Å². The van der Waals surface area contributed by atoms with Crippen LogP contribution in [0.1, 0.15) is 92.4 Å². The molecule has 2 aromatic heterocycles. The minimum absolute atomic E-state index is 0. The van der Waals surface area contributed by atoms with Crippen molar-refractivity contribution in [2.75, 3.05) is 32.8 Å². The number of nitrogens with two attached hydrogens (primary N) is 1. The Morgan fingerprint density at radius 2 is 1.17 bits per heavy atom. The minimum atomic E-state index is -0.404. The SMILES string of the molecule is CCOC(=O)c1c(C)nc(Cl)nc1C.CCOC(=O)c1c(C)nc(NC2CCc3cc(OC)ccc3C2)nc1C.COc1ccc2c(c1)CCC(N)C2.Cl. The lowest BCUT2D eigenvalue weighted by Gasteiger charge is -2.26. The zero-order chi connectivity index (χ0) is 38.7. The van der Waals surface area contributed by atoms with Crippen molar-refractivity contribution in [3.8, 4) is 11.5 Å². The Morgan fingerprint density at radius 1 is 0.722 bits per heavy atom. The summed E-state index contributed by atoms with van der Waals surface area (Å²) < 4.78 is 20.4. The van der Waals surface area contributed by atoms with Crippen molar-refractivity contribution >= 4 is 41.9 Å². The summed E-state index contributed by atoms with van der Waals surface area (Å²) in [5, 5.41) is 3.57. The predicted molar refractivity (Wildman–Crippen MR) is 213 cm³/mol. The lowest BCUT2D eigenvalue weighted by molar-refractivity contribution is 0.0513. The van der Waals surface area contributed by atoms with Crippen molar-refractivity contribution in [1.29, 1.82) is 0 Å². The van der Waals surface area contributed by atoms with Gasteiger partial charge in [0.15, 0.2) is 0 Å². The lowest BCUT2D eigenvalue weighted by atomic mass is 9.88. The molecule has 0 radical (unpaired) electrons. The average Bonchev–Trinajstić information content (AvgIpc) is 3.11. The molecule has 0 saturated heterocycles. The molecule has 0 fully saturated rings. The van der Waals surface area contributed by atoms with Crippen molar-refractivity contribution in [3.05, 3.63) is 97.8 Å². The Bertz CT molecular complexity index is 1860. The van der Waals surface area contributed by atoms with Crippen LogP contribution in [0.25, 0.3) is 0 Å². The van der Waals surface area contributed by atoms with Crippen LogP contribution >= 0.6 is 24.0 Å². The molecule has 12 nitrogen and oxygen atoms in total. The first-order valence-corrected chi connectivity index (χ1v) is 18.3. The first-order valence-electron chi connectivity index (χ1n) is 17.9. The molecule has 4 aromatic rings. The third kappa shape index (κ3) is 11.7. The van der Waals surface area contributed by atoms with Crippen LogP contribution in [-0.4, -0.2) is 71.4 Å². The number of fused-ring (bicyclic) bond motifs is 2. The first kappa shape index (κ1) is 43.9. The van der Waals surface area contributed by atoms with E-state index in [0.717, 1.165) is 50.0 Å². The molecule has 2 unspecified atom stereocenters. The highest BCUT2D eigenvalue weighted by molar-refractivity contribution is 6.28. The van der Waals surface area contributed by atoms with E-state index in [4.69, 9.17) is 36.3 Å². The zero-order valence-electron chi connectivity index (χ0n) is 32.4. The molecular weight excluding hydrogens is 731 g/mol. The number of nitrogens with zero attached hydrogens (tertiary/aromatic N) is 4. The number of aromatic nitrogens is 4. The summed E-state index contributed by atoms with van der Waals surface area (Å²) in [6.45, 7) is 11.2.